The number of nitrogens with zero attached hydrogens (tertiary/aromatic N) is 1. The highest BCUT2D eigenvalue weighted by Gasteiger charge is 2.23. The Morgan fingerprint density at radius 2 is 1.95 bits per heavy atom. The van der Waals surface area contributed by atoms with Crippen LogP contribution in [0.3, 0.4) is 0 Å². The third-order valence-electron chi connectivity index (χ3n) is 3.30. The summed E-state index contributed by atoms with van der Waals surface area (Å²) in [5.74, 6) is -0.916. The van der Waals surface area contributed by atoms with Crippen molar-refractivity contribution in [2.24, 2.45) is 0 Å². The fraction of sp³-hybridized carbons (Fsp3) is 0.429. The molecule has 0 saturated heterocycles. The molecule has 0 radical (unpaired) electrons. The first-order valence-electron chi connectivity index (χ1n) is 6.44. The van der Waals surface area contributed by atoms with Gasteiger partial charge in [0, 0.05) is 19.2 Å². The maximum Gasteiger partial charge on any atom is 0.223 e. The average molecular weight is 295 g/mol. The molecular formula is C14H17NO4S. The smallest absolute Gasteiger partial charge is 0.223 e. The van der Waals surface area contributed by atoms with Crippen molar-refractivity contribution >= 4 is 27.2 Å². The molecule has 5 nitrogen and oxygen atoms in total. The minimum atomic E-state index is -3.58. The zero-order chi connectivity index (χ0) is 14.9. The topological polar surface area (TPSA) is 71.5 Å². The van der Waals surface area contributed by atoms with Crippen LogP contribution in [0.4, 0.5) is 5.69 Å². The highest BCUT2D eigenvalue weighted by Crippen LogP contribution is 2.29. The first-order valence-corrected chi connectivity index (χ1v) is 8.10. The zero-order valence-corrected chi connectivity index (χ0v) is 12.4. The van der Waals surface area contributed by atoms with Gasteiger partial charge >= 0.3 is 0 Å². The van der Waals surface area contributed by atoms with E-state index in [0.717, 1.165) is 24.1 Å². The van der Waals surface area contributed by atoms with Crippen LogP contribution in [0.25, 0.3) is 0 Å². The van der Waals surface area contributed by atoms with Gasteiger partial charge < -0.3 is 4.90 Å². The quantitative estimate of drug-likeness (QED) is 0.844. The number of rotatable bonds is 3. The Kier molecular flexibility index (Phi) is 3.94. The number of benzene rings is 1. The molecule has 2 rings (SSSR count). The number of sulfone groups is 1. The third kappa shape index (κ3) is 2.90. The van der Waals surface area contributed by atoms with Crippen molar-refractivity contribution in [3.63, 3.8) is 0 Å². The molecule has 0 N–H and O–H groups in total. The van der Waals surface area contributed by atoms with E-state index in [-0.39, 0.29) is 16.6 Å². The number of carbonyl (C=O) groups excluding carboxylic acids is 2. The number of carbonyl (C=O) groups is 2. The molecule has 1 aliphatic rings. The maximum absolute atomic E-state index is 12.0. The molecule has 0 fully saturated rings. The molecule has 1 heterocycles. The second-order valence-electron chi connectivity index (χ2n) is 5.03. The predicted molar refractivity (Wildman–Crippen MR) is 75.5 cm³/mol. The van der Waals surface area contributed by atoms with Gasteiger partial charge in [0.15, 0.2) is 9.84 Å². The molecule has 0 bridgehead atoms. The number of hydrogen-bond acceptors (Lipinski definition) is 4. The van der Waals surface area contributed by atoms with Crippen LogP contribution in [0, 0.1) is 0 Å². The summed E-state index contributed by atoms with van der Waals surface area (Å²) in [5, 5.41) is 0. The summed E-state index contributed by atoms with van der Waals surface area (Å²) in [7, 11) is -3.58. The summed E-state index contributed by atoms with van der Waals surface area (Å²) < 4.78 is 24.1. The molecule has 0 atom stereocenters. The van der Waals surface area contributed by atoms with Crippen molar-refractivity contribution in [1.82, 2.24) is 0 Å². The second-order valence-corrected chi connectivity index (χ2v) is 7.02. The van der Waals surface area contributed by atoms with E-state index in [1.807, 2.05) is 0 Å². The number of ketones is 1. The van der Waals surface area contributed by atoms with Crippen LogP contribution < -0.4 is 4.90 Å². The molecule has 1 aromatic carbocycles. The number of fused-ring (bicyclic) bond motifs is 1. The monoisotopic (exact) mass is 295 g/mol. The highest BCUT2D eigenvalue weighted by atomic mass is 32.2. The first kappa shape index (κ1) is 14.7. The van der Waals surface area contributed by atoms with Crippen molar-refractivity contribution in [3.8, 4) is 0 Å². The molecular weight excluding hydrogens is 278 g/mol. The molecule has 0 aromatic heterocycles. The molecule has 1 aromatic rings. The van der Waals surface area contributed by atoms with Gasteiger partial charge in [0.25, 0.3) is 0 Å². The molecule has 0 saturated carbocycles. The van der Waals surface area contributed by atoms with Crippen molar-refractivity contribution in [2.45, 2.75) is 31.6 Å². The van der Waals surface area contributed by atoms with Crippen LogP contribution in [0.1, 0.15) is 25.8 Å². The normalized spacial score (nSPS) is 14.8. The van der Waals surface area contributed by atoms with E-state index in [1.54, 1.807) is 17.0 Å². The van der Waals surface area contributed by atoms with E-state index >= 15 is 0 Å². The van der Waals surface area contributed by atoms with Gasteiger partial charge in [-0.3, -0.25) is 9.59 Å². The first-order chi connectivity index (χ1) is 9.31. The average Bonchev–Trinajstić information content (AvgIpc) is 2.35. The Labute approximate surface area is 118 Å². The van der Waals surface area contributed by atoms with E-state index in [2.05, 4.69) is 0 Å². The van der Waals surface area contributed by atoms with E-state index in [4.69, 9.17) is 0 Å². The maximum atomic E-state index is 12.0. The van der Waals surface area contributed by atoms with Gasteiger partial charge in [0.05, 0.1) is 4.90 Å². The molecule has 0 unspecified atom stereocenters. The Balaban J connectivity index is 2.42. The number of aryl methyl sites for hydroxylation is 1. The minimum Gasteiger partial charge on any atom is -0.312 e. The molecule has 0 spiro atoms. The van der Waals surface area contributed by atoms with E-state index < -0.39 is 15.6 Å². The van der Waals surface area contributed by atoms with Gasteiger partial charge in [0.2, 0.25) is 5.91 Å². The van der Waals surface area contributed by atoms with Crippen LogP contribution in [-0.2, 0) is 25.8 Å². The molecule has 108 valence electrons. The Morgan fingerprint density at radius 1 is 1.25 bits per heavy atom. The summed E-state index contributed by atoms with van der Waals surface area (Å²) in [6.07, 6.45) is 1.55. The number of Topliss-reactive ketones (excluding diaryl/α,β-unsaturated/α-hetero) is 1. The Morgan fingerprint density at radius 3 is 2.55 bits per heavy atom. The largest absolute Gasteiger partial charge is 0.312 e. The van der Waals surface area contributed by atoms with Gasteiger partial charge in [0.1, 0.15) is 11.5 Å². The van der Waals surface area contributed by atoms with Crippen LogP contribution in [0.2, 0.25) is 0 Å². The summed E-state index contributed by atoms with van der Waals surface area (Å²) in [4.78, 5) is 24.4. The zero-order valence-electron chi connectivity index (χ0n) is 11.5. The lowest BCUT2D eigenvalue weighted by Crippen LogP contribution is -2.33. The van der Waals surface area contributed by atoms with Crippen LogP contribution in [0.15, 0.2) is 23.1 Å². The van der Waals surface area contributed by atoms with Gasteiger partial charge in [-0.1, -0.05) is 0 Å². The number of amides is 1. The minimum absolute atomic E-state index is 0.0507. The van der Waals surface area contributed by atoms with Crippen molar-refractivity contribution in [1.29, 1.82) is 0 Å². The lowest BCUT2D eigenvalue weighted by atomic mass is 10.0. The highest BCUT2D eigenvalue weighted by molar-refractivity contribution is 7.92. The van der Waals surface area contributed by atoms with Crippen LogP contribution in [0.5, 0.6) is 0 Å². The van der Waals surface area contributed by atoms with Gasteiger partial charge in [-0.15, -0.1) is 0 Å². The van der Waals surface area contributed by atoms with Crippen molar-refractivity contribution in [3.05, 3.63) is 23.8 Å². The standard InChI is InChI=1S/C14H17NO4S/c1-10(16)9-20(18,19)13-5-6-14-12(8-13)4-3-7-15(14)11(2)17/h5-6,8H,3-4,7,9H2,1-2H3. The SMILES string of the molecule is CC(=O)CS(=O)(=O)c1ccc2c(c1)CCCN2C(C)=O. The fourth-order valence-electron chi connectivity index (χ4n) is 2.44. The molecule has 0 aliphatic carbocycles. The molecule has 20 heavy (non-hydrogen) atoms. The summed E-state index contributed by atoms with van der Waals surface area (Å²) in [6.45, 7) is 3.41. The van der Waals surface area contributed by atoms with Gasteiger partial charge in [-0.05, 0) is 43.5 Å². The van der Waals surface area contributed by atoms with Gasteiger partial charge in [-0.25, -0.2) is 8.42 Å². The summed E-state index contributed by atoms with van der Waals surface area (Å²) >= 11 is 0. The summed E-state index contributed by atoms with van der Waals surface area (Å²) in [5.41, 5.74) is 1.61. The number of hydrogen-bond donors (Lipinski definition) is 0. The van der Waals surface area contributed by atoms with E-state index in [9.17, 15) is 18.0 Å². The fourth-order valence-corrected chi connectivity index (χ4v) is 3.74. The molecule has 1 aliphatic heterocycles. The lowest BCUT2D eigenvalue weighted by Gasteiger charge is -2.28. The van der Waals surface area contributed by atoms with Crippen molar-refractivity contribution in [2.75, 3.05) is 17.2 Å². The van der Waals surface area contributed by atoms with Gasteiger partial charge in [-0.2, -0.15) is 0 Å². The second kappa shape index (κ2) is 5.36. The third-order valence-corrected chi connectivity index (χ3v) is 5.06. The number of anilines is 1. The lowest BCUT2D eigenvalue weighted by molar-refractivity contribution is -0.117. The molecule has 1 amide bonds. The van der Waals surface area contributed by atoms with Crippen molar-refractivity contribution < 1.29 is 18.0 Å². The van der Waals surface area contributed by atoms with E-state index in [1.165, 1.54) is 19.9 Å². The Bertz CT molecular complexity index is 664. The predicted octanol–water partition coefficient (Wildman–Crippen LogP) is 1.35. The Hall–Kier alpha value is -1.69. The van der Waals surface area contributed by atoms with Crippen LogP contribution >= 0.6 is 0 Å². The molecule has 6 heteroatoms. The summed E-state index contributed by atoms with van der Waals surface area (Å²) in [6, 6.07) is 4.71. The van der Waals surface area contributed by atoms with E-state index in [0.29, 0.717) is 6.54 Å². The van der Waals surface area contributed by atoms with Crippen LogP contribution in [-0.4, -0.2) is 32.4 Å².